The number of carboxylic acid groups (broad SMARTS) is 1. The van der Waals surface area contributed by atoms with E-state index in [1.54, 1.807) is 0 Å². The highest BCUT2D eigenvalue weighted by molar-refractivity contribution is 5.66. The second kappa shape index (κ2) is 11.9. The van der Waals surface area contributed by atoms with Crippen molar-refractivity contribution < 1.29 is 14.6 Å². The van der Waals surface area contributed by atoms with Gasteiger partial charge in [-0.3, -0.25) is 4.79 Å². The van der Waals surface area contributed by atoms with Gasteiger partial charge in [0.2, 0.25) is 0 Å². The van der Waals surface area contributed by atoms with E-state index in [4.69, 9.17) is 15.1 Å². The molecule has 0 radical (unpaired) electrons. The van der Waals surface area contributed by atoms with Gasteiger partial charge in [0.25, 0.3) is 0 Å². The molecule has 2 aromatic carbocycles. The molecule has 1 aliphatic carbocycles. The molecule has 3 rings (SSSR count). The van der Waals surface area contributed by atoms with Gasteiger partial charge in [-0.25, -0.2) is 0 Å². The zero-order valence-electron chi connectivity index (χ0n) is 17.7. The van der Waals surface area contributed by atoms with Crippen molar-refractivity contribution in [2.24, 2.45) is 5.92 Å². The molecule has 1 unspecified atom stereocenters. The van der Waals surface area contributed by atoms with E-state index >= 15 is 0 Å². The molecular weight excluding hydrogens is 386 g/mol. The van der Waals surface area contributed by atoms with Crippen LogP contribution in [0.2, 0.25) is 0 Å². The van der Waals surface area contributed by atoms with Crippen molar-refractivity contribution in [3.63, 3.8) is 0 Å². The van der Waals surface area contributed by atoms with Gasteiger partial charge in [-0.05, 0) is 54.9 Å². The van der Waals surface area contributed by atoms with Crippen LogP contribution in [0.4, 0.5) is 0 Å². The number of carbonyl (C=O) groups is 1. The minimum absolute atomic E-state index is 0.217. The number of aliphatic carboxylic acids is 1. The maximum absolute atomic E-state index is 10.6. The summed E-state index contributed by atoms with van der Waals surface area (Å²) >= 11 is 0. The quantitative estimate of drug-likeness (QED) is 0.361. The summed E-state index contributed by atoms with van der Waals surface area (Å²) in [6.45, 7) is 1.18. The molecule has 0 aliphatic heterocycles. The van der Waals surface area contributed by atoms with Crippen molar-refractivity contribution in [2.75, 3.05) is 6.61 Å². The number of carboxylic acids is 1. The van der Waals surface area contributed by atoms with Crippen LogP contribution in [0.1, 0.15) is 54.7 Å². The third-order valence-electron chi connectivity index (χ3n) is 5.75. The Balaban J connectivity index is 1.58. The summed E-state index contributed by atoms with van der Waals surface area (Å²) in [6.07, 6.45) is 10.2. The Labute approximate surface area is 184 Å². The van der Waals surface area contributed by atoms with Crippen molar-refractivity contribution in [1.29, 1.82) is 5.26 Å². The predicted molar refractivity (Wildman–Crippen MR) is 121 cm³/mol. The number of ether oxygens (including phenoxy) is 1. The molecule has 1 aliphatic rings. The number of nitriles is 1. The van der Waals surface area contributed by atoms with Crippen LogP contribution in [0, 0.1) is 17.2 Å². The highest BCUT2D eigenvalue weighted by Crippen LogP contribution is 2.41. The summed E-state index contributed by atoms with van der Waals surface area (Å²) in [5, 5.41) is 17.7. The van der Waals surface area contributed by atoms with Gasteiger partial charge < -0.3 is 9.84 Å². The van der Waals surface area contributed by atoms with Crippen molar-refractivity contribution in [3.05, 3.63) is 95.1 Å². The molecule has 160 valence electrons. The molecule has 0 bridgehead atoms. The monoisotopic (exact) mass is 415 g/mol. The molecule has 4 heteroatoms. The van der Waals surface area contributed by atoms with Crippen LogP contribution >= 0.6 is 0 Å². The van der Waals surface area contributed by atoms with E-state index in [1.807, 2.05) is 30.3 Å². The van der Waals surface area contributed by atoms with Crippen LogP contribution in [-0.2, 0) is 16.1 Å². The minimum atomic E-state index is -0.739. The van der Waals surface area contributed by atoms with Crippen LogP contribution in [0.15, 0.2) is 78.4 Å². The Bertz CT molecular complexity index is 939. The Kier molecular flexibility index (Phi) is 8.63. The van der Waals surface area contributed by atoms with E-state index in [1.165, 1.54) is 11.1 Å². The number of rotatable bonds is 11. The average molecular weight is 416 g/mol. The lowest BCUT2D eigenvalue weighted by molar-refractivity contribution is -0.137. The second-order valence-electron chi connectivity index (χ2n) is 7.92. The lowest BCUT2D eigenvalue weighted by atomic mass is 9.85. The van der Waals surface area contributed by atoms with Crippen LogP contribution in [0.25, 0.3) is 0 Å². The van der Waals surface area contributed by atoms with Gasteiger partial charge in [-0.15, -0.1) is 0 Å². The van der Waals surface area contributed by atoms with E-state index in [0.717, 1.165) is 24.8 Å². The second-order valence-corrected chi connectivity index (χ2v) is 7.92. The lowest BCUT2D eigenvalue weighted by Gasteiger charge is -2.23. The van der Waals surface area contributed by atoms with E-state index < -0.39 is 5.97 Å². The first-order valence-corrected chi connectivity index (χ1v) is 10.8. The smallest absolute Gasteiger partial charge is 0.303 e. The summed E-state index contributed by atoms with van der Waals surface area (Å²) in [6, 6.07) is 20.3. The van der Waals surface area contributed by atoms with Crippen LogP contribution in [0.5, 0.6) is 0 Å². The molecule has 2 atom stereocenters. The number of nitrogens with zero attached hydrogens (tertiary/aromatic N) is 1. The fourth-order valence-corrected chi connectivity index (χ4v) is 4.07. The van der Waals surface area contributed by atoms with Gasteiger partial charge in [0.1, 0.15) is 0 Å². The Morgan fingerprint density at radius 3 is 2.61 bits per heavy atom. The van der Waals surface area contributed by atoms with E-state index in [0.29, 0.717) is 37.0 Å². The van der Waals surface area contributed by atoms with E-state index in [9.17, 15) is 4.79 Å². The molecule has 0 spiro atoms. The molecule has 4 nitrogen and oxygen atoms in total. The van der Waals surface area contributed by atoms with Crippen molar-refractivity contribution in [1.82, 2.24) is 0 Å². The fourth-order valence-electron chi connectivity index (χ4n) is 4.07. The molecule has 31 heavy (non-hydrogen) atoms. The van der Waals surface area contributed by atoms with Gasteiger partial charge in [0, 0.05) is 12.3 Å². The Morgan fingerprint density at radius 2 is 1.90 bits per heavy atom. The molecule has 0 saturated heterocycles. The summed E-state index contributed by atoms with van der Waals surface area (Å²) < 4.78 is 6.12. The lowest BCUT2D eigenvalue weighted by Crippen LogP contribution is -2.17. The van der Waals surface area contributed by atoms with Gasteiger partial charge >= 0.3 is 5.97 Å². The molecule has 0 fully saturated rings. The zero-order chi connectivity index (χ0) is 21.9. The largest absolute Gasteiger partial charge is 0.481 e. The molecule has 1 N–H and O–H groups in total. The minimum Gasteiger partial charge on any atom is -0.481 e. The molecule has 0 aromatic heterocycles. The Morgan fingerprint density at radius 1 is 1.13 bits per heavy atom. The zero-order valence-corrected chi connectivity index (χ0v) is 17.7. The first kappa shape index (κ1) is 22.5. The third-order valence-corrected chi connectivity index (χ3v) is 5.75. The normalized spacial score (nSPS) is 18.1. The first-order valence-electron chi connectivity index (χ1n) is 10.8. The third kappa shape index (κ3) is 6.94. The number of unbranched alkanes of at least 4 members (excludes halogenated alkanes) is 1. The SMILES string of the molecule is N#Cc1ccc(COC[C@H]2C(C/C=C\CCCC(=O)O)=CCC2c2ccccc2)cc1. The molecular formula is C27H29NO3. The highest BCUT2D eigenvalue weighted by Gasteiger charge is 2.30. The number of hydrogen-bond donors (Lipinski definition) is 1. The standard InChI is InChI=1S/C27H29NO3/c28-18-21-12-14-22(15-13-21)19-31-20-26-24(10-4-1-2-7-11-27(29)30)16-17-25(26)23-8-5-3-6-9-23/h1,3-6,8-9,12-16,25-26H,2,7,10-11,17,19-20H2,(H,29,30)/b4-1-/t25?,26-/m0/s1. The fraction of sp³-hybridized carbons (Fsp3) is 0.333. The molecule has 0 heterocycles. The van der Waals surface area contributed by atoms with Gasteiger partial charge in [0.15, 0.2) is 0 Å². The summed E-state index contributed by atoms with van der Waals surface area (Å²) in [4.78, 5) is 10.6. The Hall–Kier alpha value is -3.16. The van der Waals surface area contributed by atoms with Gasteiger partial charge in [-0.1, -0.05) is 66.3 Å². The van der Waals surface area contributed by atoms with Crippen molar-refractivity contribution in [2.45, 2.75) is 44.6 Å². The molecule has 0 amide bonds. The van der Waals surface area contributed by atoms with Crippen LogP contribution < -0.4 is 0 Å². The summed E-state index contributed by atoms with van der Waals surface area (Å²) in [7, 11) is 0. The number of hydrogen-bond acceptors (Lipinski definition) is 3. The molecule has 0 saturated carbocycles. The molecule has 2 aromatic rings. The van der Waals surface area contributed by atoms with Crippen LogP contribution in [0.3, 0.4) is 0 Å². The summed E-state index contributed by atoms with van der Waals surface area (Å²) in [5.41, 5.74) is 4.45. The maximum atomic E-state index is 10.6. The topological polar surface area (TPSA) is 70.3 Å². The maximum Gasteiger partial charge on any atom is 0.303 e. The van der Waals surface area contributed by atoms with Crippen LogP contribution in [-0.4, -0.2) is 17.7 Å². The number of allylic oxidation sites excluding steroid dienone is 3. The average Bonchev–Trinajstić information content (AvgIpc) is 3.19. The number of benzene rings is 2. The van der Waals surface area contributed by atoms with Crippen molar-refractivity contribution in [3.8, 4) is 6.07 Å². The van der Waals surface area contributed by atoms with Crippen molar-refractivity contribution >= 4 is 5.97 Å². The first-order chi connectivity index (χ1) is 15.2. The highest BCUT2D eigenvalue weighted by atomic mass is 16.5. The van der Waals surface area contributed by atoms with Gasteiger partial charge in [-0.2, -0.15) is 5.26 Å². The van der Waals surface area contributed by atoms with E-state index in [-0.39, 0.29) is 6.42 Å². The van der Waals surface area contributed by atoms with Gasteiger partial charge in [0.05, 0.1) is 24.8 Å². The predicted octanol–water partition coefficient (Wildman–Crippen LogP) is 6.01. The summed E-state index contributed by atoms with van der Waals surface area (Å²) in [5.74, 6) is -0.000827. The van der Waals surface area contributed by atoms with E-state index in [2.05, 4.69) is 48.6 Å².